The van der Waals surface area contributed by atoms with Crippen LogP contribution in [0.2, 0.25) is 0 Å². The summed E-state index contributed by atoms with van der Waals surface area (Å²) >= 11 is 1.43. The lowest BCUT2D eigenvalue weighted by molar-refractivity contribution is -0.580. The maximum atomic E-state index is 11.8. The van der Waals surface area contributed by atoms with Gasteiger partial charge < -0.3 is 10.3 Å². The number of rotatable bonds is 4. The Kier molecular flexibility index (Phi) is 3.05. The zero-order valence-electron chi connectivity index (χ0n) is 8.55. The summed E-state index contributed by atoms with van der Waals surface area (Å²) in [6.45, 7) is 0. The van der Waals surface area contributed by atoms with Gasteiger partial charge >= 0.3 is 5.97 Å². The first kappa shape index (κ1) is 10.9. The van der Waals surface area contributed by atoms with Crippen molar-refractivity contribution in [3.05, 3.63) is 34.5 Å². The fourth-order valence-electron chi connectivity index (χ4n) is 1.56. The molecule has 1 heterocycles. The van der Waals surface area contributed by atoms with Gasteiger partial charge in [-0.15, -0.1) is 0 Å². The fourth-order valence-corrected chi connectivity index (χ4v) is 2.64. The second-order valence-corrected chi connectivity index (χ2v) is 4.62. The van der Waals surface area contributed by atoms with Crippen molar-refractivity contribution in [2.24, 2.45) is 0 Å². The van der Waals surface area contributed by atoms with Crippen LogP contribution in [0.3, 0.4) is 0 Å². The number of benzene rings is 1. The monoisotopic (exact) mass is 237 g/mol. The summed E-state index contributed by atoms with van der Waals surface area (Å²) in [6.07, 6.45) is 1.13. The summed E-state index contributed by atoms with van der Waals surface area (Å²) in [6, 6.07) is 7.39. The maximum absolute atomic E-state index is 11.8. The number of hydrogen-bond acceptors (Lipinski definition) is 3. The van der Waals surface area contributed by atoms with Crippen LogP contribution < -0.4 is 4.73 Å². The Morgan fingerprint density at radius 3 is 2.88 bits per heavy atom. The first-order valence-corrected chi connectivity index (χ1v) is 5.82. The average Bonchev–Trinajstić information content (AvgIpc) is 2.56. The minimum Gasteiger partial charge on any atom is -0.617 e. The molecule has 16 heavy (non-hydrogen) atoms. The summed E-state index contributed by atoms with van der Waals surface area (Å²) in [5.74, 6) is -0.821. The predicted octanol–water partition coefficient (Wildman–Crippen LogP) is 1.94. The van der Waals surface area contributed by atoms with E-state index in [-0.39, 0.29) is 6.42 Å². The highest BCUT2D eigenvalue weighted by Gasteiger charge is 2.14. The SMILES string of the molecule is O=C(O)CCCc1sc2ccccc2[n+]1[O-]. The maximum Gasteiger partial charge on any atom is 0.303 e. The van der Waals surface area contributed by atoms with Gasteiger partial charge in [-0.2, -0.15) is 4.73 Å². The van der Waals surface area contributed by atoms with E-state index in [1.807, 2.05) is 18.2 Å². The third kappa shape index (κ3) is 2.14. The van der Waals surface area contributed by atoms with Gasteiger partial charge in [0.15, 0.2) is 0 Å². The Morgan fingerprint density at radius 1 is 1.44 bits per heavy atom. The van der Waals surface area contributed by atoms with Crippen molar-refractivity contribution in [2.75, 3.05) is 0 Å². The predicted molar refractivity (Wildman–Crippen MR) is 61.4 cm³/mol. The number of aryl methyl sites for hydroxylation is 1. The molecule has 1 aromatic heterocycles. The number of fused-ring (bicyclic) bond motifs is 1. The number of aliphatic carboxylic acids is 1. The normalized spacial score (nSPS) is 10.8. The minimum absolute atomic E-state index is 0.105. The molecule has 0 saturated heterocycles. The first-order chi connectivity index (χ1) is 7.68. The second-order valence-electron chi connectivity index (χ2n) is 3.51. The molecular formula is C11H11NO3S. The van der Waals surface area contributed by atoms with Crippen molar-refractivity contribution in [3.63, 3.8) is 0 Å². The van der Waals surface area contributed by atoms with E-state index in [1.165, 1.54) is 11.3 Å². The van der Waals surface area contributed by atoms with E-state index in [9.17, 15) is 10.0 Å². The van der Waals surface area contributed by atoms with Crippen LogP contribution in [0.5, 0.6) is 0 Å². The summed E-state index contributed by atoms with van der Waals surface area (Å²) in [4.78, 5) is 10.4. The van der Waals surface area contributed by atoms with Crippen molar-refractivity contribution in [1.82, 2.24) is 0 Å². The van der Waals surface area contributed by atoms with Gasteiger partial charge in [-0.05, 0) is 12.5 Å². The number of thiazole rings is 1. The van der Waals surface area contributed by atoms with Gasteiger partial charge in [0.05, 0.1) is 0 Å². The van der Waals surface area contributed by atoms with Crippen molar-refractivity contribution < 1.29 is 14.6 Å². The highest BCUT2D eigenvalue weighted by atomic mass is 32.1. The van der Waals surface area contributed by atoms with Gasteiger partial charge in [-0.3, -0.25) is 4.79 Å². The number of carboxylic acids is 1. The lowest BCUT2D eigenvalue weighted by atomic mass is 10.2. The van der Waals surface area contributed by atoms with E-state index >= 15 is 0 Å². The van der Waals surface area contributed by atoms with Gasteiger partial charge in [-0.25, -0.2) is 0 Å². The third-order valence-corrected chi connectivity index (χ3v) is 3.49. The molecule has 0 aliphatic heterocycles. The van der Waals surface area contributed by atoms with Gasteiger partial charge in [0.1, 0.15) is 4.70 Å². The van der Waals surface area contributed by atoms with Crippen LogP contribution in [0, 0.1) is 5.21 Å². The van der Waals surface area contributed by atoms with Crippen molar-refractivity contribution in [2.45, 2.75) is 19.3 Å². The van der Waals surface area contributed by atoms with Gasteiger partial charge in [0, 0.05) is 18.9 Å². The van der Waals surface area contributed by atoms with Crippen LogP contribution in [-0.2, 0) is 11.2 Å². The quantitative estimate of drug-likeness (QED) is 0.653. The second kappa shape index (κ2) is 4.49. The average molecular weight is 237 g/mol. The summed E-state index contributed by atoms with van der Waals surface area (Å²) in [7, 11) is 0. The summed E-state index contributed by atoms with van der Waals surface area (Å²) in [5.41, 5.74) is 0.665. The van der Waals surface area contributed by atoms with Crippen LogP contribution in [0.1, 0.15) is 17.8 Å². The van der Waals surface area contributed by atoms with Gasteiger partial charge in [0.2, 0.25) is 10.5 Å². The van der Waals surface area contributed by atoms with E-state index in [0.717, 1.165) is 9.43 Å². The molecule has 0 radical (unpaired) electrons. The molecule has 84 valence electrons. The van der Waals surface area contributed by atoms with Gasteiger partial charge in [-0.1, -0.05) is 23.5 Å². The van der Waals surface area contributed by atoms with Crippen molar-refractivity contribution >= 4 is 27.5 Å². The third-order valence-electron chi connectivity index (χ3n) is 2.32. The smallest absolute Gasteiger partial charge is 0.303 e. The Morgan fingerprint density at radius 2 is 2.19 bits per heavy atom. The van der Waals surface area contributed by atoms with E-state index in [2.05, 4.69) is 0 Å². The van der Waals surface area contributed by atoms with Crippen LogP contribution in [-0.4, -0.2) is 11.1 Å². The highest BCUT2D eigenvalue weighted by Crippen LogP contribution is 2.20. The molecule has 0 aliphatic rings. The van der Waals surface area contributed by atoms with Crippen LogP contribution >= 0.6 is 11.3 Å². The molecule has 0 aliphatic carbocycles. The first-order valence-electron chi connectivity index (χ1n) is 5.00. The van der Waals surface area contributed by atoms with E-state index in [4.69, 9.17) is 5.11 Å². The molecule has 0 bridgehead atoms. The van der Waals surface area contributed by atoms with Crippen LogP contribution in [0.4, 0.5) is 0 Å². The molecule has 2 aromatic rings. The molecule has 5 heteroatoms. The number of nitrogens with zero attached hydrogens (tertiary/aromatic N) is 1. The number of carbonyl (C=O) groups is 1. The Hall–Kier alpha value is -1.62. The molecule has 0 amide bonds. The highest BCUT2D eigenvalue weighted by molar-refractivity contribution is 7.18. The molecule has 2 rings (SSSR count). The van der Waals surface area contributed by atoms with Crippen LogP contribution in [0.25, 0.3) is 10.2 Å². The molecule has 0 atom stereocenters. The molecule has 0 saturated carbocycles. The lowest BCUT2D eigenvalue weighted by Crippen LogP contribution is -2.28. The zero-order chi connectivity index (χ0) is 11.5. The summed E-state index contributed by atoms with van der Waals surface area (Å²) < 4.78 is 1.85. The molecule has 4 nitrogen and oxygen atoms in total. The van der Waals surface area contributed by atoms with Crippen LogP contribution in [0.15, 0.2) is 24.3 Å². The Labute approximate surface area is 96.3 Å². The topological polar surface area (TPSA) is 64.2 Å². The Bertz CT molecular complexity index is 521. The number of carboxylic acid groups (broad SMARTS) is 1. The molecular weight excluding hydrogens is 226 g/mol. The molecule has 0 unspecified atom stereocenters. The van der Waals surface area contributed by atoms with E-state index in [0.29, 0.717) is 23.4 Å². The number of hydrogen-bond donors (Lipinski definition) is 1. The summed E-state index contributed by atoms with van der Waals surface area (Å²) in [5, 5.41) is 21.0. The molecule has 0 fully saturated rings. The number of aromatic nitrogens is 1. The molecule has 0 spiro atoms. The largest absolute Gasteiger partial charge is 0.617 e. The van der Waals surface area contributed by atoms with Crippen molar-refractivity contribution in [3.8, 4) is 0 Å². The molecule has 1 aromatic carbocycles. The minimum atomic E-state index is -0.821. The fraction of sp³-hybridized carbons (Fsp3) is 0.273. The molecule has 1 N–H and O–H groups in total. The number of para-hydroxylation sites is 1. The lowest BCUT2D eigenvalue weighted by Gasteiger charge is -1.97. The van der Waals surface area contributed by atoms with E-state index < -0.39 is 5.97 Å². The zero-order valence-corrected chi connectivity index (χ0v) is 9.37. The van der Waals surface area contributed by atoms with Gasteiger partial charge in [0.25, 0.3) is 0 Å². The Balaban J connectivity index is 2.18. The van der Waals surface area contributed by atoms with E-state index in [1.54, 1.807) is 6.07 Å². The standard InChI is InChI=1S/C11H11NO3S/c13-11(14)7-3-6-10-12(15)8-4-1-2-5-9(8)16-10/h1-2,4-5H,3,6-7H2,(H,13,14). The van der Waals surface area contributed by atoms with Crippen molar-refractivity contribution in [1.29, 1.82) is 0 Å².